The Morgan fingerprint density at radius 1 is 1.46 bits per heavy atom. The lowest BCUT2D eigenvalue weighted by Crippen LogP contribution is -1.97. The fraction of sp³-hybridized carbons (Fsp3) is 0.100. The lowest BCUT2D eigenvalue weighted by molar-refractivity contribution is 0.0693. The highest BCUT2D eigenvalue weighted by Gasteiger charge is 2.10. The van der Waals surface area contributed by atoms with Crippen molar-refractivity contribution in [2.45, 2.75) is 6.92 Å². The topological polar surface area (TPSA) is 57.5 Å². The van der Waals surface area contributed by atoms with Crippen LogP contribution in [0.3, 0.4) is 0 Å². The van der Waals surface area contributed by atoms with Gasteiger partial charge >= 0.3 is 5.97 Å². The van der Waals surface area contributed by atoms with E-state index in [-0.39, 0.29) is 11.3 Å². The molecule has 0 saturated carbocycles. The van der Waals surface area contributed by atoms with Crippen LogP contribution in [0.5, 0.6) is 5.75 Å². The van der Waals surface area contributed by atoms with E-state index in [1.807, 2.05) is 0 Å². The minimum Gasteiger partial charge on any atom is -0.506 e. The average Bonchev–Trinajstić information content (AvgIpc) is 2.08. The Labute approximate surface area is 76.0 Å². The molecule has 0 amide bonds. The molecule has 0 aromatic heterocycles. The molecule has 3 heteroatoms. The number of para-hydroxylation sites is 1. The number of carboxylic acids is 1. The van der Waals surface area contributed by atoms with E-state index in [2.05, 4.69) is 0 Å². The molecule has 0 spiro atoms. The maximum absolute atomic E-state index is 10.6. The van der Waals surface area contributed by atoms with Gasteiger partial charge in [-0.3, -0.25) is 0 Å². The summed E-state index contributed by atoms with van der Waals surface area (Å²) in [5.41, 5.74) is 0.443. The van der Waals surface area contributed by atoms with Crippen molar-refractivity contribution in [2.75, 3.05) is 0 Å². The van der Waals surface area contributed by atoms with Crippen LogP contribution >= 0.6 is 0 Å². The quantitative estimate of drug-likeness (QED) is 0.729. The van der Waals surface area contributed by atoms with Gasteiger partial charge in [-0.05, 0) is 13.0 Å². The van der Waals surface area contributed by atoms with Gasteiger partial charge in [0.15, 0.2) is 0 Å². The first-order valence-electron chi connectivity index (χ1n) is 3.84. The molecular weight excluding hydrogens is 168 g/mol. The first kappa shape index (κ1) is 9.32. The number of rotatable bonds is 2. The third kappa shape index (κ3) is 1.87. The van der Waals surface area contributed by atoms with Gasteiger partial charge < -0.3 is 10.2 Å². The van der Waals surface area contributed by atoms with Crippen LogP contribution in [-0.4, -0.2) is 16.2 Å². The Hall–Kier alpha value is -1.77. The van der Waals surface area contributed by atoms with E-state index in [0.717, 1.165) is 0 Å². The van der Waals surface area contributed by atoms with Crippen molar-refractivity contribution in [1.29, 1.82) is 0 Å². The van der Waals surface area contributed by atoms with Gasteiger partial charge in [-0.25, -0.2) is 4.79 Å². The minimum atomic E-state index is -1.12. The maximum atomic E-state index is 10.6. The van der Waals surface area contributed by atoms with Gasteiger partial charge in [0.25, 0.3) is 0 Å². The molecule has 0 bridgehead atoms. The number of allylic oxidation sites excluding steroid dienone is 1. The third-order valence-corrected chi connectivity index (χ3v) is 1.64. The predicted octanol–water partition coefficient (Wildman–Crippen LogP) is 2.12. The van der Waals surface area contributed by atoms with E-state index >= 15 is 0 Å². The van der Waals surface area contributed by atoms with E-state index in [9.17, 15) is 9.90 Å². The van der Waals surface area contributed by atoms with Crippen molar-refractivity contribution in [3.05, 3.63) is 35.4 Å². The van der Waals surface area contributed by atoms with Crippen LogP contribution in [0.2, 0.25) is 0 Å². The second-order valence-corrected chi connectivity index (χ2v) is 2.55. The summed E-state index contributed by atoms with van der Waals surface area (Å²) in [6.45, 7) is 1.80. The molecule has 0 atom stereocenters. The Kier molecular flexibility index (Phi) is 2.69. The number of phenols is 1. The molecule has 1 aromatic rings. The molecule has 0 radical (unpaired) electrons. The summed E-state index contributed by atoms with van der Waals surface area (Å²) >= 11 is 0. The van der Waals surface area contributed by atoms with Crippen molar-refractivity contribution in [1.82, 2.24) is 0 Å². The third-order valence-electron chi connectivity index (χ3n) is 1.64. The van der Waals surface area contributed by atoms with Crippen molar-refractivity contribution < 1.29 is 15.0 Å². The highest BCUT2D eigenvalue weighted by Crippen LogP contribution is 2.23. The minimum absolute atomic E-state index is 0.0735. The first-order valence-corrected chi connectivity index (χ1v) is 3.84. The lowest BCUT2D eigenvalue weighted by Gasteiger charge is -2.01. The van der Waals surface area contributed by atoms with Crippen LogP contribution in [0.15, 0.2) is 24.3 Å². The summed E-state index contributed by atoms with van der Waals surface area (Å²) in [4.78, 5) is 10.6. The number of aromatic hydroxyl groups is 1. The summed E-state index contributed by atoms with van der Waals surface area (Å²) in [5.74, 6) is -1.31. The zero-order chi connectivity index (χ0) is 9.84. The zero-order valence-corrected chi connectivity index (χ0v) is 7.19. The van der Waals surface area contributed by atoms with Gasteiger partial charge in [0.05, 0.1) is 0 Å². The maximum Gasteiger partial charge on any atom is 0.339 e. The molecule has 3 nitrogen and oxygen atoms in total. The van der Waals surface area contributed by atoms with Gasteiger partial charge in [-0.2, -0.15) is 0 Å². The van der Waals surface area contributed by atoms with Crippen LogP contribution in [0, 0.1) is 0 Å². The van der Waals surface area contributed by atoms with Crippen LogP contribution in [0.25, 0.3) is 6.08 Å². The number of aromatic carboxylic acids is 1. The molecule has 0 heterocycles. The Balaban J connectivity index is 3.26. The van der Waals surface area contributed by atoms with Crippen LogP contribution in [0.4, 0.5) is 0 Å². The number of hydrogen-bond donors (Lipinski definition) is 2. The van der Waals surface area contributed by atoms with E-state index in [1.165, 1.54) is 6.07 Å². The SMILES string of the molecule is C/C=C\c1cccc(C(=O)O)c1O. The molecule has 0 aliphatic rings. The molecule has 2 N–H and O–H groups in total. The molecular formula is C10H10O3. The summed E-state index contributed by atoms with van der Waals surface area (Å²) in [6, 6.07) is 4.62. The molecule has 0 fully saturated rings. The monoisotopic (exact) mass is 178 g/mol. The van der Waals surface area contributed by atoms with Crippen LogP contribution in [-0.2, 0) is 0 Å². The molecule has 1 rings (SSSR count). The normalized spacial score (nSPS) is 10.5. The summed E-state index contributed by atoms with van der Waals surface area (Å²) in [5, 5.41) is 18.1. The summed E-state index contributed by atoms with van der Waals surface area (Å²) < 4.78 is 0. The second kappa shape index (κ2) is 3.76. The summed E-state index contributed by atoms with van der Waals surface area (Å²) in [6.07, 6.45) is 3.39. The first-order chi connectivity index (χ1) is 6.16. The molecule has 0 aliphatic carbocycles. The molecule has 1 aromatic carbocycles. The van der Waals surface area contributed by atoms with Gasteiger partial charge in [0, 0.05) is 5.56 Å². The van der Waals surface area contributed by atoms with E-state index in [4.69, 9.17) is 5.11 Å². The van der Waals surface area contributed by atoms with Gasteiger partial charge in [-0.1, -0.05) is 24.3 Å². The zero-order valence-electron chi connectivity index (χ0n) is 7.19. The van der Waals surface area contributed by atoms with E-state index < -0.39 is 5.97 Å². The summed E-state index contributed by atoms with van der Waals surface area (Å²) in [7, 11) is 0. The largest absolute Gasteiger partial charge is 0.506 e. The van der Waals surface area contributed by atoms with Gasteiger partial charge in [-0.15, -0.1) is 0 Å². The van der Waals surface area contributed by atoms with E-state index in [0.29, 0.717) is 5.56 Å². The average molecular weight is 178 g/mol. The molecule has 68 valence electrons. The van der Waals surface area contributed by atoms with E-state index in [1.54, 1.807) is 31.2 Å². The van der Waals surface area contributed by atoms with Crippen molar-refractivity contribution in [2.24, 2.45) is 0 Å². The number of carboxylic acid groups (broad SMARTS) is 1. The van der Waals surface area contributed by atoms with Crippen molar-refractivity contribution in [3.8, 4) is 5.75 Å². The van der Waals surface area contributed by atoms with Crippen LogP contribution < -0.4 is 0 Å². The molecule has 0 unspecified atom stereocenters. The predicted molar refractivity (Wildman–Crippen MR) is 49.8 cm³/mol. The molecule has 0 aliphatic heterocycles. The smallest absolute Gasteiger partial charge is 0.339 e. The highest BCUT2D eigenvalue weighted by atomic mass is 16.4. The van der Waals surface area contributed by atoms with Crippen molar-refractivity contribution in [3.63, 3.8) is 0 Å². The fourth-order valence-corrected chi connectivity index (χ4v) is 1.05. The van der Waals surface area contributed by atoms with Crippen LogP contribution in [0.1, 0.15) is 22.8 Å². The number of hydrogen-bond acceptors (Lipinski definition) is 2. The van der Waals surface area contributed by atoms with Gasteiger partial charge in [0.2, 0.25) is 0 Å². The molecule has 0 saturated heterocycles. The standard InChI is InChI=1S/C10H10O3/c1-2-4-7-5-3-6-8(9(7)11)10(12)13/h2-6,11H,1H3,(H,12,13)/b4-2-. The Morgan fingerprint density at radius 3 is 2.69 bits per heavy atom. The van der Waals surface area contributed by atoms with Gasteiger partial charge in [0.1, 0.15) is 11.3 Å². The Bertz CT molecular complexity index is 353. The molecule has 13 heavy (non-hydrogen) atoms. The van der Waals surface area contributed by atoms with Crippen molar-refractivity contribution >= 4 is 12.0 Å². The number of benzene rings is 1. The second-order valence-electron chi connectivity index (χ2n) is 2.55. The number of carbonyl (C=O) groups is 1. The fourth-order valence-electron chi connectivity index (χ4n) is 1.05. The Morgan fingerprint density at radius 2 is 2.15 bits per heavy atom. The lowest BCUT2D eigenvalue weighted by atomic mass is 10.1. The highest BCUT2D eigenvalue weighted by molar-refractivity contribution is 5.92.